The lowest BCUT2D eigenvalue weighted by molar-refractivity contribution is -0.384. The zero-order valence-electron chi connectivity index (χ0n) is 13.5. The van der Waals surface area contributed by atoms with Gasteiger partial charge in [-0.25, -0.2) is 0 Å². The van der Waals surface area contributed by atoms with Crippen LogP contribution in [-0.4, -0.2) is 15.8 Å². The number of carbonyl (C=O) groups excluding carboxylic acids is 1. The van der Waals surface area contributed by atoms with Gasteiger partial charge in [0.2, 0.25) is 0 Å². The van der Waals surface area contributed by atoms with Crippen LogP contribution in [0.1, 0.15) is 16.1 Å². The maximum Gasteiger partial charge on any atom is 0.271 e. The predicted molar refractivity (Wildman–Crippen MR) is 95.5 cm³/mol. The number of non-ortho nitro benzene ring substituents is 1. The molecule has 124 valence electrons. The summed E-state index contributed by atoms with van der Waals surface area (Å²) in [5, 5.41) is 13.5. The van der Waals surface area contributed by atoms with E-state index < -0.39 is 4.92 Å². The molecule has 0 saturated carbocycles. The zero-order chi connectivity index (χ0) is 17.8. The molecule has 2 aromatic carbocycles. The molecule has 0 aliphatic carbocycles. The second kappa shape index (κ2) is 6.92. The largest absolute Gasteiger partial charge is 0.322 e. The van der Waals surface area contributed by atoms with Crippen LogP contribution >= 0.6 is 0 Å². The maximum atomic E-state index is 12.4. The van der Waals surface area contributed by atoms with Crippen molar-refractivity contribution in [2.24, 2.45) is 0 Å². The molecule has 6 nitrogen and oxygen atoms in total. The minimum absolute atomic E-state index is 0.0768. The molecule has 3 rings (SSSR count). The zero-order valence-corrected chi connectivity index (χ0v) is 13.5. The summed E-state index contributed by atoms with van der Waals surface area (Å²) in [6.07, 6.45) is 0. The maximum absolute atomic E-state index is 12.4. The van der Waals surface area contributed by atoms with Crippen LogP contribution in [0.25, 0.3) is 11.3 Å². The van der Waals surface area contributed by atoms with Gasteiger partial charge in [-0.2, -0.15) is 0 Å². The first-order valence-corrected chi connectivity index (χ1v) is 7.63. The number of carbonyl (C=O) groups is 1. The van der Waals surface area contributed by atoms with E-state index in [2.05, 4.69) is 10.3 Å². The van der Waals surface area contributed by atoms with Crippen molar-refractivity contribution in [3.8, 4) is 11.3 Å². The highest BCUT2D eigenvalue weighted by molar-refractivity contribution is 6.05. The highest BCUT2D eigenvalue weighted by Crippen LogP contribution is 2.21. The van der Waals surface area contributed by atoms with Gasteiger partial charge in [-0.15, -0.1) is 0 Å². The first-order valence-electron chi connectivity index (χ1n) is 7.63. The monoisotopic (exact) mass is 333 g/mol. The van der Waals surface area contributed by atoms with E-state index in [4.69, 9.17) is 0 Å². The standard InChI is InChI=1S/C19H15N3O3/c1-13-17(10-11-18(20-13)14-6-3-2-4-7-14)19(23)21-15-8-5-9-16(12-15)22(24)25/h2-12H,1H3,(H,21,23). The van der Waals surface area contributed by atoms with Gasteiger partial charge in [0.15, 0.2) is 0 Å². The Hall–Kier alpha value is -3.54. The minimum Gasteiger partial charge on any atom is -0.322 e. The Labute approximate surface area is 144 Å². The van der Waals surface area contributed by atoms with Gasteiger partial charge >= 0.3 is 0 Å². The molecule has 0 spiro atoms. The Bertz CT molecular complexity index is 940. The summed E-state index contributed by atoms with van der Waals surface area (Å²) < 4.78 is 0. The van der Waals surface area contributed by atoms with Crippen molar-refractivity contribution in [1.82, 2.24) is 4.98 Å². The predicted octanol–water partition coefficient (Wildman–Crippen LogP) is 4.22. The lowest BCUT2D eigenvalue weighted by atomic mass is 10.1. The second-order valence-electron chi connectivity index (χ2n) is 5.46. The minimum atomic E-state index is -0.503. The van der Waals surface area contributed by atoms with Crippen molar-refractivity contribution >= 4 is 17.3 Å². The Kier molecular flexibility index (Phi) is 4.52. The molecule has 3 aromatic rings. The molecule has 1 aromatic heterocycles. The van der Waals surface area contributed by atoms with Gasteiger partial charge in [0.1, 0.15) is 0 Å². The number of hydrogen-bond donors (Lipinski definition) is 1. The summed E-state index contributed by atoms with van der Waals surface area (Å²) >= 11 is 0. The Morgan fingerprint density at radius 3 is 2.48 bits per heavy atom. The number of nitrogens with zero attached hydrogens (tertiary/aromatic N) is 2. The van der Waals surface area contributed by atoms with Gasteiger partial charge in [0, 0.05) is 23.4 Å². The number of rotatable bonds is 4. The number of aromatic nitrogens is 1. The highest BCUT2D eigenvalue weighted by atomic mass is 16.6. The molecule has 0 fully saturated rings. The molecule has 1 N–H and O–H groups in total. The van der Waals surface area contributed by atoms with Gasteiger partial charge in [-0.3, -0.25) is 19.9 Å². The first kappa shape index (κ1) is 16.3. The van der Waals surface area contributed by atoms with Crippen LogP contribution in [-0.2, 0) is 0 Å². The van der Waals surface area contributed by atoms with E-state index in [1.54, 1.807) is 25.1 Å². The van der Waals surface area contributed by atoms with Gasteiger partial charge in [-0.1, -0.05) is 36.4 Å². The van der Waals surface area contributed by atoms with Gasteiger partial charge in [-0.05, 0) is 25.1 Å². The van der Waals surface area contributed by atoms with E-state index in [1.807, 2.05) is 30.3 Å². The fourth-order valence-corrected chi connectivity index (χ4v) is 2.47. The number of pyridine rings is 1. The van der Waals surface area contributed by atoms with Crippen LogP contribution in [0.3, 0.4) is 0 Å². The molecule has 0 bridgehead atoms. The third-order valence-electron chi connectivity index (χ3n) is 3.71. The van der Waals surface area contributed by atoms with Crippen LogP contribution in [0.2, 0.25) is 0 Å². The molecule has 0 unspecified atom stereocenters. The molecule has 0 saturated heterocycles. The number of nitro benzene ring substituents is 1. The lowest BCUT2D eigenvalue weighted by Gasteiger charge is -2.09. The molecule has 0 aliphatic heterocycles. The molecule has 0 atom stereocenters. The van der Waals surface area contributed by atoms with Crippen molar-refractivity contribution in [3.63, 3.8) is 0 Å². The van der Waals surface area contributed by atoms with E-state index in [9.17, 15) is 14.9 Å². The number of amides is 1. The van der Waals surface area contributed by atoms with Crippen molar-refractivity contribution in [3.05, 3.63) is 88.1 Å². The van der Waals surface area contributed by atoms with Gasteiger partial charge in [0.05, 0.1) is 21.9 Å². The number of aryl methyl sites for hydroxylation is 1. The topological polar surface area (TPSA) is 85.1 Å². The summed E-state index contributed by atoms with van der Waals surface area (Å²) in [7, 11) is 0. The number of nitro groups is 1. The summed E-state index contributed by atoms with van der Waals surface area (Å²) in [6, 6.07) is 19.0. The molecular weight excluding hydrogens is 318 g/mol. The third kappa shape index (κ3) is 3.69. The smallest absolute Gasteiger partial charge is 0.271 e. The summed E-state index contributed by atoms with van der Waals surface area (Å²) in [5.41, 5.74) is 3.05. The Balaban J connectivity index is 1.83. The summed E-state index contributed by atoms with van der Waals surface area (Å²) in [4.78, 5) is 27.2. The van der Waals surface area contributed by atoms with Crippen molar-refractivity contribution in [2.45, 2.75) is 6.92 Å². The molecule has 0 radical (unpaired) electrons. The third-order valence-corrected chi connectivity index (χ3v) is 3.71. The van der Waals surface area contributed by atoms with E-state index in [1.165, 1.54) is 18.2 Å². The fraction of sp³-hybridized carbons (Fsp3) is 0.0526. The van der Waals surface area contributed by atoms with Crippen LogP contribution in [0.15, 0.2) is 66.7 Å². The van der Waals surface area contributed by atoms with Crippen molar-refractivity contribution in [2.75, 3.05) is 5.32 Å². The van der Waals surface area contributed by atoms with Gasteiger partial charge < -0.3 is 5.32 Å². The Morgan fingerprint density at radius 2 is 1.80 bits per heavy atom. The number of anilines is 1. The number of nitrogens with one attached hydrogen (secondary N) is 1. The molecule has 1 amide bonds. The highest BCUT2D eigenvalue weighted by Gasteiger charge is 2.13. The quantitative estimate of drug-likeness (QED) is 0.572. The van der Waals surface area contributed by atoms with Crippen LogP contribution < -0.4 is 5.32 Å². The van der Waals surface area contributed by atoms with Crippen molar-refractivity contribution in [1.29, 1.82) is 0 Å². The Morgan fingerprint density at radius 1 is 1.04 bits per heavy atom. The lowest BCUT2D eigenvalue weighted by Crippen LogP contribution is -2.14. The average Bonchev–Trinajstić information content (AvgIpc) is 2.62. The van der Waals surface area contributed by atoms with E-state index >= 15 is 0 Å². The molecule has 1 heterocycles. The molecule has 0 aliphatic rings. The SMILES string of the molecule is Cc1nc(-c2ccccc2)ccc1C(=O)Nc1cccc([N+](=O)[O-])c1. The normalized spacial score (nSPS) is 10.3. The molecular formula is C19H15N3O3. The average molecular weight is 333 g/mol. The van der Waals surface area contributed by atoms with E-state index in [0.29, 0.717) is 16.9 Å². The van der Waals surface area contributed by atoms with E-state index in [0.717, 1.165) is 11.3 Å². The number of benzene rings is 2. The summed E-state index contributed by atoms with van der Waals surface area (Å²) in [5.74, 6) is -0.356. The van der Waals surface area contributed by atoms with E-state index in [-0.39, 0.29) is 11.6 Å². The second-order valence-corrected chi connectivity index (χ2v) is 5.46. The van der Waals surface area contributed by atoms with Gasteiger partial charge in [0.25, 0.3) is 11.6 Å². The molecule has 25 heavy (non-hydrogen) atoms. The summed E-state index contributed by atoms with van der Waals surface area (Å²) in [6.45, 7) is 1.76. The van der Waals surface area contributed by atoms with Crippen LogP contribution in [0.4, 0.5) is 11.4 Å². The number of hydrogen-bond acceptors (Lipinski definition) is 4. The fourth-order valence-electron chi connectivity index (χ4n) is 2.47. The van der Waals surface area contributed by atoms with Crippen molar-refractivity contribution < 1.29 is 9.72 Å². The molecule has 6 heteroatoms. The van der Waals surface area contributed by atoms with Crippen LogP contribution in [0.5, 0.6) is 0 Å². The first-order chi connectivity index (χ1) is 12.0. The van der Waals surface area contributed by atoms with Crippen LogP contribution in [0, 0.1) is 17.0 Å².